The molecule has 0 heterocycles. The molecule has 1 rings (SSSR count). The van der Waals surface area contributed by atoms with Crippen LogP contribution in [0.2, 0.25) is 0 Å². The molecule has 0 aliphatic carbocycles. The summed E-state index contributed by atoms with van der Waals surface area (Å²) in [4.78, 5) is 2.10. The molecule has 1 atom stereocenters. The molecule has 4 nitrogen and oxygen atoms in total. The zero-order valence-corrected chi connectivity index (χ0v) is 12.3. The van der Waals surface area contributed by atoms with Crippen molar-refractivity contribution >= 4 is 0 Å². The smallest absolute Gasteiger partial charge is 0.0900 e. The van der Waals surface area contributed by atoms with E-state index in [0.29, 0.717) is 38.8 Å². The molecule has 110 valence electrons. The normalized spacial score (nSPS) is 12.6. The standard InChI is InChI=1S/C16H24N2O2/c1-14(2)18(10-6-9-17)11-16(19)13-20-12-15-7-4-3-5-8-15/h3-5,7-8,14,16,19H,6,10-13H2,1-2H3. The number of hydrogen-bond donors (Lipinski definition) is 1. The van der Waals surface area contributed by atoms with Crippen molar-refractivity contribution in [2.75, 3.05) is 19.7 Å². The van der Waals surface area contributed by atoms with Gasteiger partial charge in [0.25, 0.3) is 0 Å². The molecule has 0 amide bonds. The summed E-state index contributed by atoms with van der Waals surface area (Å²) in [5.41, 5.74) is 1.10. The summed E-state index contributed by atoms with van der Waals surface area (Å²) in [5.74, 6) is 0. The number of aliphatic hydroxyl groups excluding tert-OH is 1. The maximum Gasteiger partial charge on any atom is 0.0900 e. The van der Waals surface area contributed by atoms with Crippen LogP contribution in [0.25, 0.3) is 0 Å². The van der Waals surface area contributed by atoms with Crippen LogP contribution in [0.1, 0.15) is 25.8 Å². The van der Waals surface area contributed by atoms with Crippen LogP contribution in [0.5, 0.6) is 0 Å². The van der Waals surface area contributed by atoms with Gasteiger partial charge in [0, 0.05) is 25.6 Å². The van der Waals surface area contributed by atoms with E-state index < -0.39 is 6.10 Å². The average Bonchev–Trinajstić information content (AvgIpc) is 2.44. The van der Waals surface area contributed by atoms with Gasteiger partial charge >= 0.3 is 0 Å². The second kappa shape index (κ2) is 9.49. The average molecular weight is 276 g/mol. The fourth-order valence-corrected chi connectivity index (χ4v) is 1.96. The molecule has 0 aliphatic rings. The Morgan fingerprint density at radius 2 is 2.00 bits per heavy atom. The van der Waals surface area contributed by atoms with Gasteiger partial charge in [0.1, 0.15) is 0 Å². The summed E-state index contributed by atoms with van der Waals surface area (Å²) in [7, 11) is 0. The van der Waals surface area contributed by atoms with Gasteiger partial charge in [0.2, 0.25) is 0 Å². The molecule has 0 bridgehead atoms. The predicted molar refractivity (Wildman–Crippen MR) is 79.0 cm³/mol. The van der Waals surface area contributed by atoms with Crippen LogP contribution < -0.4 is 0 Å². The Balaban J connectivity index is 2.27. The highest BCUT2D eigenvalue weighted by atomic mass is 16.5. The van der Waals surface area contributed by atoms with Crippen molar-refractivity contribution in [3.05, 3.63) is 35.9 Å². The summed E-state index contributed by atoms with van der Waals surface area (Å²) in [6.07, 6.45) is -0.0460. The Morgan fingerprint density at radius 3 is 2.60 bits per heavy atom. The second-order valence-corrected chi connectivity index (χ2v) is 5.15. The van der Waals surface area contributed by atoms with Crippen LogP contribution in [-0.2, 0) is 11.3 Å². The van der Waals surface area contributed by atoms with Gasteiger partial charge in [0.05, 0.1) is 25.4 Å². The highest BCUT2D eigenvalue weighted by molar-refractivity contribution is 5.13. The molecule has 0 aliphatic heterocycles. The quantitative estimate of drug-likeness (QED) is 0.751. The third-order valence-corrected chi connectivity index (χ3v) is 3.11. The van der Waals surface area contributed by atoms with Crippen molar-refractivity contribution in [1.82, 2.24) is 4.90 Å². The minimum absolute atomic E-state index is 0.310. The molecule has 1 N–H and O–H groups in total. The summed E-state index contributed by atoms with van der Waals surface area (Å²) >= 11 is 0. The highest BCUT2D eigenvalue weighted by Crippen LogP contribution is 2.04. The van der Waals surface area contributed by atoms with Crippen molar-refractivity contribution in [1.29, 1.82) is 5.26 Å². The van der Waals surface area contributed by atoms with Crippen molar-refractivity contribution < 1.29 is 9.84 Å². The van der Waals surface area contributed by atoms with E-state index in [0.717, 1.165) is 5.56 Å². The molecule has 0 spiro atoms. The topological polar surface area (TPSA) is 56.5 Å². The maximum atomic E-state index is 10.00. The molecule has 0 fully saturated rings. The van der Waals surface area contributed by atoms with Gasteiger partial charge in [-0.05, 0) is 19.4 Å². The van der Waals surface area contributed by atoms with E-state index in [1.165, 1.54) is 0 Å². The van der Waals surface area contributed by atoms with Gasteiger partial charge in [-0.1, -0.05) is 30.3 Å². The van der Waals surface area contributed by atoms with Gasteiger partial charge < -0.3 is 9.84 Å². The van der Waals surface area contributed by atoms with Crippen molar-refractivity contribution in [2.45, 2.75) is 39.0 Å². The van der Waals surface area contributed by atoms with E-state index in [-0.39, 0.29) is 0 Å². The second-order valence-electron chi connectivity index (χ2n) is 5.15. The molecule has 1 aromatic carbocycles. The number of rotatable bonds is 9. The Kier molecular flexibility index (Phi) is 7.89. The lowest BCUT2D eigenvalue weighted by Crippen LogP contribution is -2.39. The minimum atomic E-state index is -0.528. The molecule has 0 radical (unpaired) electrons. The van der Waals surface area contributed by atoms with Gasteiger partial charge in [-0.25, -0.2) is 0 Å². The van der Waals surface area contributed by atoms with Gasteiger partial charge in [0.15, 0.2) is 0 Å². The third-order valence-electron chi connectivity index (χ3n) is 3.11. The number of benzene rings is 1. The van der Waals surface area contributed by atoms with E-state index in [4.69, 9.17) is 10.00 Å². The third kappa shape index (κ3) is 6.67. The molecule has 1 aromatic rings. The molecular formula is C16H24N2O2. The number of nitriles is 1. The zero-order valence-electron chi connectivity index (χ0n) is 12.3. The molecule has 0 saturated carbocycles. The van der Waals surface area contributed by atoms with E-state index in [2.05, 4.69) is 24.8 Å². The lowest BCUT2D eigenvalue weighted by molar-refractivity contribution is 0.00523. The predicted octanol–water partition coefficient (Wildman–Crippen LogP) is 2.19. The SMILES string of the molecule is CC(C)N(CCC#N)CC(O)COCc1ccccc1. The van der Waals surface area contributed by atoms with Crippen LogP contribution in [0, 0.1) is 11.3 Å². The lowest BCUT2D eigenvalue weighted by Gasteiger charge is -2.27. The Bertz CT molecular complexity index is 401. The number of nitrogens with zero attached hydrogens (tertiary/aromatic N) is 2. The number of hydrogen-bond acceptors (Lipinski definition) is 4. The van der Waals surface area contributed by atoms with Crippen molar-refractivity contribution in [3.8, 4) is 6.07 Å². The van der Waals surface area contributed by atoms with E-state index in [1.807, 2.05) is 30.3 Å². The molecule has 1 unspecified atom stereocenters. The van der Waals surface area contributed by atoms with Gasteiger partial charge in [-0.15, -0.1) is 0 Å². The first-order valence-corrected chi connectivity index (χ1v) is 7.04. The number of aliphatic hydroxyl groups is 1. The van der Waals surface area contributed by atoms with Crippen LogP contribution in [0.15, 0.2) is 30.3 Å². The maximum absolute atomic E-state index is 10.00. The Labute approximate surface area is 121 Å². The molecule has 20 heavy (non-hydrogen) atoms. The monoisotopic (exact) mass is 276 g/mol. The summed E-state index contributed by atoms with van der Waals surface area (Å²) in [5, 5.41) is 18.6. The lowest BCUT2D eigenvalue weighted by atomic mass is 10.2. The minimum Gasteiger partial charge on any atom is -0.389 e. The first kappa shape index (κ1) is 16.6. The van der Waals surface area contributed by atoms with Gasteiger partial charge in [-0.2, -0.15) is 5.26 Å². The summed E-state index contributed by atoms with van der Waals surface area (Å²) in [6, 6.07) is 12.4. The fraction of sp³-hybridized carbons (Fsp3) is 0.562. The first-order chi connectivity index (χ1) is 9.63. The van der Waals surface area contributed by atoms with E-state index >= 15 is 0 Å². The largest absolute Gasteiger partial charge is 0.389 e. The summed E-state index contributed by atoms with van der Waals surface area (Å²) < 4.78 is 5.52. The van der Waals surface area contributed by atoms with E-state index in [1.54, 1.807) is 0 Å². The molecular weight excluding hydrogens is 252 g/mol. The Morgan fingerprint density at radius 1 is 1.30 bits per heavy atom. The fourth-order valence-electron chi connectivity index (χ4n) is 1.96. The Hall–Kier alpha value is -1.41. The summed E-state index contributed by atoms with van der Waals surface area (Å²) in [6.45, 7) is 6.17. The molecule has 0 saturated heterocycles. The number of ether oxygens (including phenoxy) is 1. The highest BCUT2D eigenvalue weighted by Gasteiger charge is 2.14. The van der Waals surface area contributed by atoms with Crippen LogP contribution in [0.3, 0.4) is 0 Å². The van der Waals surface area contributed by atoms with Crippen molar-refractivity contribution in [3.63, 3.8) is 0 Å². The van der Waals surface area contributed by atoms with Crippen molar-refractivity contribution in [2.24, 2.45) is 0 Å². The first-order valence-electron chi connectivity index (χ1n) is 7.04. The zero-order chi connectivity index (χ0) is 14.8. The van der Waals surface area contributed by atoms with Crippen LogP contribution >= 0.6 is 0 Å². The van der Waals surface area contributed by atoms with E-state index in [9.17, 15) is 5.11 Å². The van der Waals surface area contributed by atoms with Crippen LogP contribution in [0.4, 0.5) is 0 Å². The molecule has 4 heteroatoms. The van der Waals surface area contributed by atoms with Crippen LogP contribution in [-0.4, -0.2) is 41.8 Å². The van der Waals surface area contributed by atoms with Gasteiger partial charge in [-0.3, -0.25) is 4.90 Å². The molecule has 0 aromatic heterocycles.